The van der Waals surface area contributed by atoms with E-state index in [1.807, 2.05) is 6.07 Å². The molecule has 15 heavy (non-hydrogen) atoms. The van der Waals surface area contributed by atoms with Gasteiger partial charge in [-0.25, -0.2) is 8.42 Å². The smallest absolute Gasteiger partial charge is 0.178 e. The molecule has 0 bridgehead atoms. The van der Waals surface area contributed by atoms with Gasteiger partial charge in [0.05, 0.1) is 16.7 Å². The van der Waals surface area contributed by atoms with Gasteiger partial charge in [-0.2, -0.15) is 5.26 Å². The topological polar surface area (TPSA) is 83.9 Å². The first kappa shape index (κ1) is 11.7. The van der Waals surface area contributed by atoms with Gasteiger partial charge in [-0.3, -0.25) is 0 Å². The van der Waals surface area contributed by atoms with Crippen LogP contribution in [-0.2, 0) is 9.84 Å². The molecule has 4 nitrogen and oxygen atoms in total. The van der Waals surface area contributed by atoms with Gasteiger partial charge in [0, 0.05) is 0 Å². The van der Waals surface area contributed by atoms with Crippen LogP contribution in [0.15, 0.2) is 29.2 Å². The highest BCUT2D eigenvalue weighted by atomic mass is 32.2. The quantitative estimate of drug-likeness (QED) is 0.830. The summed E-state index contributed by atoms with van der Waals surface area (Å²) in [5.41, 5.74) is 6.09. The highest BCUT2D eigenvalue weighted by molar-refractivity contribution is 7.91. The molecule has 1 unspecified atom stereocenters. The molecule has 0 spiro atoms. The molecule has 0 heterocycles. The number of rotatable bonds is 3. The predicted molar refractivity (Wildman–Crippen MR) is 56.7 cm³/mol. The van der Waals surface area contributed by atoms with E-state index >= 15 is 0 Å². The summed E-state index contributed by atoms with van der Waals surface area (Å²) in [6.07, 6.45) is 0. The molecule has 0 amide bonds. The molecule has 1 aromatic rings. The Morgan fingerprint density at radius 2 is 1.93 bits per heavy atom. The molecule has 0 fully saturated rings. The summed E-state index contributed by atoms with van der Waals surface area (Å²) in [5.74, 6) is 0.0661. The molecule has 5 heteroatoms. The monoisotopic (exact) mass is 224 g/mol. The largest absolute Gasteiger partial charge is 0.312 e. The van der Waals surface area contributed by atoms with Crippen molar-refractivity contribution in [1.29, 1.82) is 5.26 Å². The highest BCUT2D eigenvalue weighted by Gasteiger charge is 2.12. The van der Waals surface area contributed by atoms with Gasteiger partial charge in [0.2, 0.25) is 0 Å². The number of hydrogen-bond acceptors (Lipinski definition) is 4. The first-order chi connectivity index (χ1) is 7.01. The maximum atomic E-state index is 11.5. The highest BCUT2D eigenvalue weighted by Crippen LogP contribution is 2.15. The molecule has 1 aromatic carbocycles. The lowest BCUT2D eigenvalue weighted by Gasteiger charge is -2.05. The Hall–Kier alpha value is -1.38. The maximum Gasteiger partial charge on any atom is 0.178 e. The van der Waals surface area contributed by atoms with Crippen LogP contribution < -0.4 is 5.73 Å². The number of nitriles is 1. The second kappa shape index (κ2) is 4.43. The van der Waals surface area contributed by atoms with E-state index in [2.05, 4.69) is 0 Å². The molecule has 0 aliphatic rings. The fourth-order valence-electron chi connectivity index (χ4n) is 1.12. The zero-order valence-corrected chi connectivity index (χ0v) is 9.16. The maximum absolute atomic E-state index is 11.5. The van der Waals surface area contributed by atoms with E-state index in [0.29, 0.717) is 5.56 Å². The molecule has 0 saturated heterocycles. The summed E-state index contributed by atoms with van der Waals surface area (Å²) in [6, 6.07) is 7.26. The average Bonchev–Trinajstić information content (AvgIpc) is 2.28. The normalized spacial score (nSPS) is 13.1. The zero-order valence-electron chi connectivity index (χ0n) is 8.34. The Balaban J connectivity index is 3.07. The van der Waals surface area contributed by atoms with Crippen LogP contribution in [0.4, 0.5) is 0 Å². The molecule has 0 aliphatic carbocycles. The van der Waals surface area contributed by atoms with Gasteiger partial charge >= 0.3 is 0 Å². The van der Waals surface area contributed by atoms with Crippen molar-refractivity contribution < 1.29 is 8.42 Å². The summed E-state index contributed by atoms with van der Waals surface area (Å²) in [5, 5.41) is 8.57. The van der Waals surface area contributed by atoms with Crippen molar-refractivity contribution in [2.24, 2.45) is 5.73 Å². The van der Waals surface area contributed by atoms with Crippen molar-refractivity contribution in [2.75, 3.05) is 5.75 Å². The number of sulfone groups is 1. The number of nitrogens with two attached hydrogens (primary N) is 1. The fourth-order valence-corrected chi connectivity index (χ4v) is 2.01. The van der Waals surface area contributed by atoms with E-state index in [1.54, 1.807) is 19.1 Å². The Morgan fingerprint density at radius 1 is 1.40 bits per heavy atom. The summed E-state index contributed by atoms with van der Waals surface area (Å²) in [4.78, 5) is 0.263. The third-order valence-corrected chi connectivity index (χ3v) is 3.87. The average molecular weight is 224 g/mol. The molecular formula is C10H12N2O2S. The van der Waals surface area contributed by atoms with Gasteiger partial charge in [-0.15, -0.1) is 0 Å². The Bertz CT molecular complexity index is 471. The number of benzene rings is 1. The first-order valence-electron chi connectivity index (χ1n) is 4.49. The molecule has 0 aliphatic heterocycles. The number of nitrogens with zero attached hydrogens (tertiary/aromatic N) is 1. The Labute approximate surface area is 89.2 Å². The van der Waals surface area contributed by atoms with Crippen molar-refractivity contribution in [1.82, 2.24) is 0 Å². The van der Waals surface area contributed by atoms with E-state index < -0.39 is 15.9 Å². The van der Waals surface area contributed by atoms with Crippen molar-refractivity contribution in [3.05, 3.63) is 29.8 Å². The van der Waals surface area contributed by atoms with Crippen LogP contribution in [0.3, 0.4) is 0 Å². The van der Waals surface area contributed by atoms with Gasteiger partial charge in [0.1, 0.15) is 6.04 Å². The second-order valence-electron chi connectivity index (χ2n) is 3.08. The van der Waals surface area contributed by atoms with Crippen LogP contribution >= 0.6 is 0 Å². The standard InChI is InChI=1S/C10H12N2O2S/c1-2-15(13,14)9-5-3-8(4-6-9)10(12)7-11/h3-6,10H,2,12H2,1H3. The van der Waals surface area contributed by atoms with E-state index in [0.717, 1.165) is 0 Å². The van der Waals surface area contributed by atoms with Gasteiger partial charge in [0.25, 0.3) is 0 Å². The third kappa shape index (κ3) is 2.55. The Kier molecular flexibility index (Phi) is 3.45. The Morgan fingerprint density at radius 3 is 2.33 bits per heavy atom. The SMILES string of the molecule is CCS(=O)(=O)c1ccc(C(N)C#N)cc1. The second-order valence-corrected chi connectivity index (χ2v) is 5.36. The van der Waals surface area contributed by atoms with Gasteiger partial charge in [0.15, 0.2) is 9.84 Å². The molecule has 0 saturated carbocycles. The van der Waals surface area contributed by atoms with Gasteiger partial charge < -0.3 is 5.73 Å². The fraction of sp³-hybridized carbons (Fsp3) is 0.300. The minimum Gasteiger partial charge on any atom is -0.312 e. The molecule has 0 radical (unpaired) electrons. The van der Waals surface area contributed by atoms with Crippen LogP contribution in [0.1, 0.15) is 18.5 Å². The lowest BCUT2D eigenvalue weighted by Crippen LogP contribution is -2.08. The van der Waals surface area contributed by atoms with E-state index in [9.17, 15) is 8.42 Å². The van der Waals surface area contributed by atoms with Crippen LogP contribution in [-0.4, -0.2) is 14.2 Å². The van der Waals surface area contributed by atoms with Gasteiger partial charge in [-0.1, -0.05) is 19.1 Å². The first-order valence-corrected chi connectivity index (χ1v) is 6.14. The van der Waals surface area contributed by atoms with Gasteiger partial charge in [-0.05, 0) is 17.7 Å². The predicted octanol–water partition coefficient (Wildman–Crippen LogP) is 1.00. The minimum absolute atomic E-state index is 0.0661. The van der Waals surface area contributed by atoms with E-state index in [-0.39, 0.29) is 10.6 Å². The van der Waals surface area contributed by atoms with Crippen LogP contribution in [0, 0.1) is 11.3 Å². The minimum atomic E-state index is -3.17. The molecule has 1 atom stereocenters. The van der Waals surface area contributed by atoms with Crippen molar-refractivity contribution in [2.45, 2.75) is 17.9 Å². The lowest BCUT2D eigenvalue weighted by atomic mass is 10.1. The van der Waals surface area contributed by atoms with E-state index in [1.165, 1.54) is 12.1 Å². The van der Waals surface area contributed by atoms with Crippen LogP contribution in [0.5, 0.6) is 0 Å². The number of hydrogen-bond donors (Lipinski definition) is 1. The zero-order chi connectivity index (χ0) is 11.5. The molecule has 80 valence electrons. The lowest BCUT2D eigenvalue weighted by molar-refractivity contribution is 0.597. The summed E-state index contributed by atoms with van der Waals surface area (Å²) in [6.45, 7) is 1.59. The van der Waals surface area contributed by atoms with Crippen LogP contribution in [0.2, 0.25) is 0 Å². The molecule has 2 N–H and O–H groups in total. The summed E-state index contributed by atoms with van der Waals surface area (Å²) >= 11 is 0. The summed E-state index contributed by atoms with van der Waals surface area (Å²) in [7, 11) is -3.17. The molecular weight excluding hydrogens is 212 g/mol. The van der Waals surface area contributed by atoms with Crippen molar-refractivity contribution in [3.63, 3.8) is 0 Å². The third-order valence-electron chi connectivity index (χ3n) is 2.12. The molecule has 1 rings (SSSR count). The van der Waals surface area contributed by atoms with E-state index in [4.69, 9.17) is 11.0 Å². The van der Waals surface area contributed by atoms with Crippen molar-refractivity contribution in [3.8, 4) is 6.07 Å². The summed E-state index contributed by atoms with van der Waals surface area (Å²) < 4.78 is 22.9. The van der Waals surface area contributed by atoms with Crippen molar-refractivity contribution >= 4 is 9.84 Å². The van der Waals surface area contributed by atoms with Crippen LogP contribution in [0.25, 0.3) is 0 Å². The molecule has 0 aromatic heterocycles.